The Bertz CT molecular complexity index is 1140. The average molecular weight is 384 g/mol. The van der Waals surface area contributed by atoms with E-state index in [2.05, 4.69) is 20.5 Å². The van der Waals surface area contributed by atoms with Crippen molar-refractivity contribution in [3.8, 4) is 11.6 Å². The zero-order chi connectivity index (χ0) is 19.7. The van der Waals surface area contributed by atoms with Crippen LogP contribution in [-0.4, -0.2) is 15.2 Å². The Labute approximate surface area is 158 Å². The molecule has 4 aromatic rings. The molecular formula is C20H15F3N4O. The van der Waals surface area contributed by atoms with E-state index >= 15 is 0 Å². The number of aryl methyl sites for hydroxylation is 1. The molecule has 2 aromatic carbocycles. The molecule has 0 unspecified atom stereocenters. The quantitative estimate of drug-likeness (QED) is 0.465. The molecule has 0 spiro atoms. The molecule has 0 amide bonds. The van der Waals surface area contributed by atoms with Crippen molar-refractivity contribution in [3.05, 3.63) is 71.9 Å². The zero-order valence-electron chi connectivity index (χ0n) is 14.7. The van der Waals surface area contributed by atoms with Crippen molar-refractivity contribution in [3.63, 3.8) is 0 Å². The van der Waals surface area contributed by atoms with E-state index in [1.54, 1.807) is 6.07 Å². The molecular weight excluding hydrogens is 369 g/mol. The van der Waals surface area contributed by atoms with Crippen molar-refractivity contribution < 1.29 is 17.9 Å². The molecule has 2 heterocycles. The van der Waals surface area contributed by atoms with Crippen molar-refractivity contribution in [2.75, 3.05) is 5.32 Å². The first kappa shape index (κ1) is 17.8. The van der Waals surface area contributed by atoms with Gasteiger partial charge in [-0.05, 0) is 42.6 Å². The van der Waals surface area contributed by atoms with Gasteiger partial charge in [0.05, 0.1) is 5.56 Å². The van der Waals surface area contributed by atoms with Crippen LogP contribution >= 0.6 is 0 Å². The number of aromatic nitrogens is 3. The number of ether oxygens (including phenoxy) is 1. The minimum Gasteiger partial charge on any atom is -0.438 e. The van der Waals surface area contributed by atoms with Crippen LogP contribution in [0.5, 0.6) is 11.6 Å². The number of hydrogen-bond donors (Lipinski definition) is 2. The smallest absolute Gasteiger partial charge is 0.416 e. The third-order valence-electron chi connectivity index (χ3n) is 4.04. The van der Waals surface area contributed by atoms with Crippen LogP contribution in [-0.2, 0) is 6.18 Å². The fraction of sp³-hybridized carbons (Fsp3) is 0.100. The Kier molecular flexibility index (Phi) is 4.38. The molecule has 0 fully saturated rings. The number of halogens is 3. The van der Waals surface area contributed by atoms with Crippen LogP contribution in [0.1, 0.15) is 11.3 Å². The highest BCUT2D eigenvalue weighted by Gasteiger charge is 2.30. The molecule has 5 nitrogen and oxygen atoms in total. The lowest BCUT2D eigenvalue weighted by Gasteiger charge is -2.12. The molecule has 0 atom stereocenters. The number of nitrogens with zero attached hydrogens (tertiary/aromatic N) is 2. The van der Waals surface area contributed by atoms with E-state index in [-0.39, 0.29) is 11.6 Å². The van der Waals surface area contributed by atoms with E-state index in [9.17, 15) is 13.2 Å². The van der Waals surface area contributed by atoms with Crippen LogP contribution in [0.25, 0.3) is 10.8 Å². The van der Waals surface area contributed by atoms with Gasteiger partial charge < -0.3 is 10.1 Å². The second-order valence-corrected chi connectivity index (χ2v) is 6.22. The fourth-order valence-corrected chi connectivity index (χ4v) is 2.77. The van der Waals surface area contributed by atoms with Crippen LogP contribution in [0.4, 0.5) is 24.8 Å². The third-order valence-corrected chi connectivity index (χ3v) is 4.04. The van der Waals surface area contributed by atoms with Gasteiger partial charge in [-0.15, -0.1) is 0 Å². The maximum absolute atomic E-state index is 13.0. The second-order valence-electron chi connectivity index (χ2n) is 6.22. The Morgan fingerprint density at radius 1 is 0.964 bits per heavy atom. The molecule has 0 radical (unpaired) electrons. The molecule has 2 N–H and O–H groups in total. The maximum Gasteiger partial charge on any atom is 0.416 e. The number of hydrogen-bond acceptors (Lipinski definition) is 4. The van der Waals surface area contributed by atoms with Gasteiger partial charge in [0, 0.05) is 17.1 Å². The predicted octanol–water partition coefficient (Wildman–Crippen LogP) is 5.82. The SMILES string of the molecule is Cc1cc(Nc2cc3ccccc3c(Oc3cccc(C(F)(F)F)c3)n2)n[nH]1. The summed E-state index contributed by atoms with van der Waals surface area (Å²) in [5.74, 6) is 1.30. The van der Waals surface area contributed by atoms with Crippen LogP contribution in [0, 0.1) is 6.92 Å². The Morgan fingerprint density at radius 2 is 1.79 bits per heavy atom. The number of H-pyrrole nitrogens is 1. The molecule has 142 valence electrons. The summed E-state index contributed by atoms with van der Waals surface area (Å²) < 4.78 is 44.7. The molecule has 2 aromatic heterocycles. The standard InChI is InChI=1S/C20H15F3N4O/c1-12-9-18(27-26-12)24-17-10-13-5-2-3-8-16(13)19(25-17)28-15-7-4-6-14(11-15)20(21,22)23/h2-11H,1H3,(H2,24,25,26,27). The fourth-order valence-electron chi connectivity index (χ4n) is 2.77. The van der Waals surface area contributed by atoms with E-state index in [1.807, 2.05) is 37.3 Å². The normalized spacial score (nSPS) is 11.6. The van der Waals surface area contributed by atoms with Gasteiger partial charge in [0.25, 0.3) is 0 Å². The van der Waals surface area contributed by atoms with Gasteiger partial charge in [-0.2, -0.15) is 23.3 Å². The Morgan fingerprint density at radius 3 is 2.54 bits per heavy atom. The largest absolute Gasteiger partial charge is 0.438 e. The number of rotatable bonds is 4. The van der Waals surface area contributed by atoms with Crippen molar-refractivity contribution in [1.82, 2.24) is 15.2 Å². The number of aromatic amines is 1. The zero-order valence-corrected chi connectivity index (χ0v) is 14.7. The van der Waals surface area contributed by atoms with E-state index in [0.717, 1.165) is 23.2 Å². The lowest BCUT2D eigenvalue weighted by atomic mass is 10.1. The molecule has 0 aliphatic carbocycles. The van der Waals surface area contributed by atoms with Gasteiger partial charge in [0.2, 0.25) is 5.88 Å². The van der Waals surface area contributed by atoms with E-state index in [1.165, 1.54) is 12.1 Å². The second kappa shape index (κ2) is 6.88. The molecule has 0 bridgehead atoms. The molecule has 4 rings (SSSR count). The monoisotopic (exact) mass is 384 g/mol. The lowest BCUT2D eigenvalue weighted by molar-refractivity contribution is -0.137. The minimum atomic E-state index is -4.45. The number of nitrogens with one attached hydrogen (secondary N) is 2. The Balaban J connectivity index is 1.73. The summed E-state index contributed by atoms with van der Waals surface area (Å²) in [5.41, 5.74) is 0.0966. The topological polar surface area (TPSA) is 62.8 Å². The van der Waals surface area contributed by atoms with Gasteiger partial charge in [-0.25, -0.2) is 0 Å². The predicted molar refractivity (Wildman–Crippen MR) is 99.9 cm³/mol. The molecule has 0 aliphatic heterocycles. The van der Waals surface area contributed by atoms with Crippen molar-refractivity contribution >= 4 is 22.4 Å². The highest BCUT2D eigenvalue weighted by Crippen LogP contribution is 2.35. The molecule has 28 heavy (non-hydrogen) atoms. The summed E-state index contributed by atoms with van der Waals surface area (Å²) in [6.45, 7) is 1.87. The highest BCUT2D eigenvalue weighted by atomic mass is 19.4. The maximum atomic E-state index is 13.0. The Hall–Kier alpha value is -3.55. The number of fused-ring (bicyclic) bond motifs is 1. The van der Waals surface area contributed by atoms with Gasteiger partial charge in [0.15, 0.2) is 5.82 Å². The molecule has 0 saturated carbocycles. The van der Waals surface area contributed by atoms with Crippen molar-refractivity contribution in [1.29, 1.82) is 0 Å². The van der Waals surface area contributed by atoms with Crippen molar-refractivity contribution in [2.45, 2.75) is 13.1 Å². The number of anilines is 2. The first-order valence-corrected chi connectivity index (χ1v) is 8.42. The summed E-state index contributed by atoms with van der Waals surface area (Å²) in [6, 6.07) is 15.7. The minimum absolute atomic E-state index is 0.0558. The third kappa shape index (κ3) is 3.75. The van der Waals surface area contributed by atoms with Crippen LogP contribution in [0.15, 0.2) is 60.7 Å². The lowest BCUT2D eigenvalue weighted by Crippen LogP contribution is -2.04. The van der Waals surface area contributed by atoms with Gasteiger partial charge in [0.1, 0.15) is 11.6 Å². The summed E-state index contributed by atoms with van der Waals surface area (Å²) in [6.07, 6.45) is -4.45. The van der Waals surface area contributed by atoms with Gasteiger partial charge >= 0.3 is 6.18 Å². The summed E-state index contributed by atoms with van der Waals surface area (Å²) in [7, 11) is 0. The molecule has 8 heteroatoms. The summed E-state index contributed by atoms with van der Waals surface area (Å²) in [4.78, 5) is 4.42. The number of alkyl halides is 3. The van der Waals surface area contributed by atoms with E-state index in [0.29, 0.717) is 17.0 Å². The number of benzene rings is 2. The summed E-state index contributed by atoms with van der Waals surface area (Å²) in [5, 5.41) is 11.5. The number of pyridine rings is 1. The first-order valence-electron chi connectivity index (χ1n) is 8.42. The summed E-state index contributed by atoms with van der Waals surface area (Å²) >= 11 is 0. The molecule has 0 aliphatic rings. The van der Waals surface area contributed by atoms with Crippen LogP contribution in [0.3, 0.4) is 0 Å². The van der Waals surface area contributed by atoms with Crippen molar-refractivity contribution in [2.24, 2.45) is 0 Å². The van der Waals surface area contributed by atoms with E-state index < -0.39 is 11.7 Å². The van der Waals surface area contributed by atoms with Crippen LogP contribution < -0.4 is 10.1 Å². The first-order chi connectivity index (χ1) is 13.4. The molecule has 0 saturated heterocycles. The van der Waals surface area contributed by atoms with Crippen LogP contribution in [0.2, 0.25) is 0 Å². The average Bonchev–Trinajstić information content (AvgIpc) is 3.06. The van der Waals surface area contributed by atoms with Gasteiger partial charge in [-0.1, -0.05) is 24.3 Å². The highest BCUT2D eigenvalue weighted by molar-refractivity contribution is 5.89. The van der Waals surface area contributed by atoms with E-state index in [4.69, 9.17) is 4.74 Å². The van der Waals surface area contributed by atoms with Gasteiger partial charge in [-0.3, -0.25) is 5.10 Å².